The first-order valence-electron chi connectivity index (χ1n) is 5.87. The second-order valence-corrected chi connectivity index (χ2v) is 6.22. The van der Waals surface area contributed by atoms with Crippen molar-refractivity contribution in [2.24, 2.45) is 5.73 Å². The molecule has 7 nitrogen and oxygen atoms in total. The molecule has 0 radical (unpaired) electrons. The van der Waals surface area contributed by atoms with E-state index < -0.39 is 15.8 Å². The van der Waals surface area contributed by atoms with E-state index in [1.165, 1.54) is 6.07 Å². The fourth-order valence-electron chi connectivity index (χ4n) is 1.61. The molecule has 0 spiro atoms. The summed E-state index contributed by atoms with van der Waals surface area (Å²) in [5.41, 5.74) is 5.62. The number of benzene rings is 1. The number of hydrogen-bond acceptors (Lipinski definition) is 6. The first-order valence-corrected chi connectivity index (χ1v) is 7.73. The van der Waals surface area contributed by atoms with E-state index in [2.05, 4.69) is 19.4 Å². The minimum atomic E-state index is -3.88. The summed E-state index contributed by atoms with van der Waals surface area (Å²) in [5.74, 6) is -0.471. The van der Waals surface area contributed by atoms with Crippen molar-refractivity contribution in [1.29, 1.82) is 0 Å². The van der Waals surface area contributed by atoms with Gasteiger partial charge >= 0.3 is 0 Å². The number of halogens is 2. The van der Waals surface area contributed by atoms with Crippen molar-refractivity contribution in [2.45, 2.75) is 17.9 Å². The Kier molecular flexibility index (Phi) is 4.88. The van der Waals surface area contributed by atoms with Gasteiger partial charge in [0.1, 0.15) is 5.82 Å². The molecule has 0 atom stereocenters. The van der Waals surface area contributed by atoms with Gasteiger partial charge in [-0.1, -0.05) is 16.8 Å². The van der Waals surface area contributed by atoms with Gasteiger partial charge in [0, 0.05) is 19.5 Å². The molecule has 10 heteroatoms. The van der Waals surface area contributed by atoms with Gasteiger partial charge in [0.15, 0.2) is 5.82 Å². The Bertz CT molecular complexity index is 721. The molecular weight excluding hydrogens is 323 g/mol. The molecule has 21 heavy (non-hydrogen) atoms. The molecule has 0 aliphatic heterocycles. The number of nitrogens with one attached hydrogen (secondary N) is 1. The number of rotatable bonds is 6. The predicted octanol–water partition coefficient (Wildman–Crippen LogP) is 0.842. The molecular formula is C11H12ClFN4O3S. The largest absolute Gasteiger partial charge is 0.343 e. The molecule has 0 aliphatic rings. The maximum Gasteiger partial charge on any atom is 0.240 e. The van der Waals surface area contributed by atoms with Crippen LogP contribution >= 0.6 is 11.6 Å². The van der Waals surface area contributed by atoms with Gasteiger partial charge in [-0.2, -0.15) is 4.98 Å². The van der Waals surface area contributed by atoms with Crippen molar-refractivity contribution in [3.8, 4) is 0 Å². The summed E-state index contributed by atoms with van der Waals surface area (Å²) in [6.45, 7) is -0.0218. The highest BCUT2D eigenvalue weighted by molar-refractivity contribution is 7.89. The Morgan fingerprint density at radius 1 is 1.43 bits per heavy atom. The van der Waals surface area contributed by atoms with Gasteiger partial charge in [0.2, 0.25) is 16.4 Å². The van der Waals surface area contributed by atoms with E-state index in [4.69, 9.17) is 17.3 Å². The zero-order valence-electron chi connectivity index (χ0n) is 10.7. The van der Waals surface area contributed by atoms with Crippen molar-refractivity contribution in [2.75, 3.05) is 6.54 Å². The van der Waals surface area contributed by atoms with Crippen molar-refractivity contribution < 1.29 is 17.3 Å². The lowest BCUT2D eigenvalue weighted by atomic mass is 10.2. The fourth-order valence-corrected chi connectivity index (χ4v) is 2.88. The molecule has 2 aromatic rings. The summed E-state index contributed by atoms with van der Waals surface area (Å²) < 4.78 is 44.6. The Morgan fingerprint density at radius 2 is 2.19 bits per heavy atom. The van der Waals surface area contributed by atoms with Gasteiger partial charge in [-0.25, -0.2) is 17.5 Å². The highest BCUT2D eigenvalue weighted by Gasteiger charge is 2.18. The van der Waals surface area contributed by atoms with E-state index in [-0.39, 0.29) is 35.0 Å². The molecule has 0 saturated heterocycles. The van der Waals surface area contributed by atoms with Crippen LogP contribution in [0, 0.1) is 5.82 Å². The first kappa shape index (κ1) is 15.8. The standard InChI is InChI=1S/C11H12ClFN4O3S/c12-11-7(5-14)3-8(4-9(11)13)21(18,19)16-2-1-10-15-6-20-17-10/h3-4,6,16H,1-2,5,14H2. The van der Waals surface area contributed by atoms with E-state index in [9.17, 15) is 12.8 Å². The van der Waals surface area contributed by atoms with Gasteiger partial charge in [0.05, 0.1) is 9.92 Å². The van der Waals surface area contributed by atoms with Crippen LogP contribution in [0.3, 0.4) is 0 Å². The van der Waals surface area contributed by atoms with Crippen molar-refractivity contribution in [3.05, 3.63) is 40.8 Å². The first-order chi connectivity index (χ1) is 9.94. The average molecular weight is 335 g/mol. The van der Waals surface area contributed by atoms with E-state index in [1.807, 2.05) is 0 Å². The molecule has 0 bridgehead atoms. The predicted molar refractivity (Wildman–Crippen MR) is 72.5 cm³/mol. The summed E-state index contributed by atoms with van der Waals surface area (Å²) in [5, 5.41) is 3.37. The molecule has 0 aliphatic carbocycles. The van der Waals surface area contributed by atoms with Crippen LogP contribution in [0.5, 0.6) is 0 Å². The van der Waals surface area contributed by atoms with Crippen molar-refractivity contribution >= 4 is 21.6 Å². The number of aromatic nitrogens is 2. The molecule has 114 valence electrons. The minimum Gasteiger partial charge on any atom is -0.343 e. The number of nitrogens with two attached hydrogens (primary N) is 1. The van der Waals surface area contributed by atoms with Crippen LogP contribution in [0.1, 0.15) is 11.4 Å². The van der Waals surface area contributed by atoms with Crippen LogP contribution in [0.15, 0.2) is 27.9 Å². The summed E-state index contributed by atoms with van der Waals surface area (Å²) in [6, 6.07) is 2.08. The van der Waals surface area contributed by atoms with E-state index in [1.54, 1.807) is 0 Å². The number of hydrogen-bond donors (Lipinski definition) is 2. The summed E-state index contributed by atoms with van der Waals surface area (Å²) in [6.07, 6.45) is 1.39. The molecule has 1 heterocycles. The molecule has 2 rings (SSSR count). The minimum absolute atomic E-state index is 0.0457. The lowest BCUT2D eigenvalue weighted by molar-refractivity contribution is 0.410. The third-order valence-corrected chi connectivity index (χ3v) is 4.52. The number of sulfonamides is 1. The van der Waals surface area contributed by atoms with Gasteiger partial charge in [-0.15, -0.1) is 0 Å². The smallest absolute Gasteiger partial charge is 0.240 e. The van der Waals surface area contributed by atoms with Gasteiger partial charge in [-0.3, -0.25) is 0 Å². The van der Waals surface area contributed by atoms with Crippen molar-refractivity contribution in [3.63, 3.8) is 0 Å². The Hall–Kier alpha value is -1.55. The Balaban J connectivity index is 2.13. The molecule has 3 N–H and O–H groups in total. The second kappa shape index (κ2) is 6.48. The molecule has 0 fully saturated rings. The van der Waals surface area contributed by atoms with Crippen LogP contribution in [0.2, 0.25) is 5.02 Å². The van der Waals surface area contributed by atoms with Gasteiger partial charge in [-0.05, 0) is 17.7 Å². The molecule has 0 amide bonds. The molecule has 1 aromatic carbocycles. The van der Waals surface area contributed by atoms with Crippen LogP contribution in [0.4, 0.5) is 4.39 Å². The lowest BCUT2D eigenvalue weighted by Crippen LogP contribution is -2.26. The molecule has 1 aromatic heterocycles. The second-order valence-electron chi connectivity index (χ2n) is 4.08. The fraction of sp³-hybridized carbons (Fsp3) is 0.273. The van der Waals surface area contributed by atoms with E-state index in [0.29, 0.717) is 5.82 Å². The monoisotopic (exact) mass is 334 g/mol. The highest BCUT2D eigenvalue weighted by atomic mass is 35.5. The number of nitrogens with zero attached hydrogens (tertiary/aromatic N) is 2. The lowest BCUT2D eigenvalue weighted by Gasteiger charge is -2.09. The van der Waals surface area contributed by atoms with Crippen LogP contribution < -0.4 is 10.5 Å². The van der Waals surface area contributed by atoms with E-state index in [0.717, 1.165) is 12.5 Å². The topological polar surface area (TPSA) is 111 Å². The Morgan fingerprint density at radius 3 is 2.81 bits per heavy atom. The summed E-state index contributed by atoms with van der Waals surface area (Å²) in [7, 11) is -3.88. The SMILES string of the molecule is NCc1cc(S(=O)(=O)NCCc2ncon2)cc(F)c1Cl. The van der Waals surface area contributed by atoms with Crippen molar-refractivity contribution in [1.82, 2.24) is 14.9 Å². The third-order valence-electron chi connectivity index (χ3n) is 2.65. The quantitative estimate of drug-likeness (QED) is 0.809. The maximum atomic E-state index is 13.6. The summed E-state index contributed by atoms with van der Waals surface area (Å²) in [4.78, 5) is 3.52. The van der Waals surface area contributed by atoms with Gasteiger partial charge < -0.3 is 10.3 Å². The zero-order valence-corrected chi connectivity index (χ0v) is 12.3. The summed E-state index contributed by atoms with van der Waals surface area (Å²) >= 11 is 5.69. The third kappa shape index (κ3) is 3.76. The van der Waals surface area contributed by atoms with Crippen LogP contribution in [0.25, 0.3) is 0 Å². The molecule has 0 saturated carbocycles. The van der Waals surface area contributed by atoms with Crippen LogP contribution in [-0.2, 0) is 23.0 Å². The Labute approximate surface area is 125 Å². The normalized spacial score (nSPS) is 11.8. The zero-order chi connectivity index (χ0) is 15.5. The van der Waals surface area contributed by atoms with E-state index >= 15 is 0 Å². The molecule has 0 unspecified atom stereocenters. The average Bonchev–Trinajstić information content (AvgIpc) is 2.94. The maximum absolute atomic E-state index is 13.6. The highest BCUT2D eigenvalue weighted by Crippen LogP contribution is 2.24. The van der Waals surface area contributed by atoms with Crippen LogP contribution in [-0.4, -0.2) is 25.1 Å². The van der Waals surface area contributed by atoms with Gasteiger partial charge in [0.25, 0.3) is 0 Å².